The van der Waals surface area contributed by atoms with Crippen LogP contribution >= 0.6 is 23.2 Å². The second-order valence-electron chi connectivity index (χ2n) is 10.5. The van der Waals surface area contributed by atoms with Crippen molar-refractivity contribution < 1.29 is 23.8 Å². The van der Waals surface area contributed by atoms with Gasteiger partial charge in [0, 0.05) is 45.9 Å². The molecule has 0 aliphatic carbocycles. The lowest BCUT2D eigenvalue weighted by Gasteiger charge is -2.41. The van der Waals surface area contributed by atoms with Crippen molar-refractivity contribution in [1.82, 2.24) is 9.80 Å². The average Bonchev–Trinajstić information content (AvgIpc) is 3.02. The first-order chi connectivity index (χ1) is 20.3. The number of piperidine rings is 1. The third-order valence-electron chi connectivity index (χ3n) is 7.56. The van der Waals surface area contributed by atoms with Gasteiger partial charge in [0.05, 0.1) is 23.2 Å². The molecule has 1 unspecified atom stereocenters. The molecule has 7 nitrogen and oxygen atoms in total. The number of esters is 1. The van der Waals surface area contributed by atoms with Crippen LogP contribution in [0.4, 0.5) is 4.79 Å². The largest absolute Gasteiger partial charge is 0.454 e. The van der Waals surface area contributed by atoms with Gasteiger partial charge in [0.15, 0.2) is 0 Å². The summed E-state index contributed by atoms with van der Waals surface area (Å²) in [7, 11) is 1.69. The fraction of sp³-hybridized carbons (Fsp3) is 0.394. The lowest BCUT2D eigenvalue weighted by atomic mass is 9.84. The average molecular weight is 614 g/mol. The Balaban J connectivity index is 1.35. The van der Waals surface area contributed by atoms with Gasteiger partial charge in [0.2, 0.25) is 0 Å². The molecule has 4 rings (SSSR count). The van der Waals surface area contributed by atoms with Crippen molar-refractivity contribution in [1.29, 1.82) is 0 Å². The predicted molar refractivity (Wildman–Crippen MR) is 165 cm³/mol. The van der Waals surface area contributed by atoms with E-state index in [9.17, 15) is 9.59 Å². The van der Waals surface area contributed by atoms with Gasteiger partial charge >= 0.3 is 12.1 Å². The van der Waals surface area contributed by atoms with E-state index in [1.165, 1.54) is 4.90 Å². The molecule has 42 heavy (non-hydrogen) atoms. The molecule has 0 spiro atoms. The number of halogens is 2. The van der Waals surface area contributed by atoms with Crippen LogP contribution in [-0.4, -0.2) is 61.7 Å². The number of nitrogens with zero attached hydrogens (tertiary/aromatic N) is 2. The lowest BCUT2D eigenvalue weighted by Crippen LogP contribution is -2.46. The normalized spacial score (nSPS) is 15.5. The number of benzene rings is 3. The first-order valence-electron chi connectivity index (χ1n) is 14.3. The molecule has 224 valence electrons. The van der Waals surface area contributed by atoms with Crippen molar-refractivity contribution in [2.24, 2.45) is 0 Å². The van der Waals surface area contributed by atoms with Gasteiger partial charge in [0.25, 0.3) is 0 Å². The van der Waals surface area contributed by atoms with E-state index >= 15 is 0 Å². The number of rotatable bonds is 12. The Morgan fingerprint density at radius 3 is 2.26 bits per heavy atom. The van der Waals surface area contributed by atoms with Crippen LogP contribution in [0.15, 0.2) is 78.9 Å². The van der Waals surface area contributed by atoms with Gasteiger partial charge in [0.1, 0.15) is 18.3 Å². The molecule has 1 atom stereocenters. The highest BCUT2D eigenvalue weighted by molar-refractivity contribution is 6.42. The first kappa shape index (κ1) is 31.8. The number of carbonyl (C=O) groups excluding carboxylic acids is 2. The molecule has 0 radical (unpaired) electrons. The quantitative estimate of drug-likeness (QED) is 0.200. The second kappa shape index (κ2) is 15.4. The summed E-state index contributed by atoms with van der Waals surface area (Å²) < 4.78 is 17.9. The van der Waals surface area contributed by atoms with E-state index in [0.29, 0.717) is 42.5 Å². The number of hydrogen-bond donors (Lipinski definition) is 0. The number of ether oxygens (including phenoxy) is 3. The van der Waals surface area contributed by atoms with Gasteiger partial charge in [-0.15, -0.1) is 0 Å². The summed E-state index contributed by atoms with van der Waals surface area (Å²) in [6, 6.07) is 24.9. The van der Waals surface area contributed by atoms with Crippen LogP contribution in [0.25, 0.3) is 0 Å². The van der Waals surface area contributed by atoms with E-state index in [2.05, 4.69) is 4.90 Å². The first-order valence-corrected chi connectivity index (χ1v) is 15.0. The third kappa shape index (κ3) is 8.71. The smallest absolute Gasteiger partial charge is 0.409 e. The van der Waals surface area contributed by atoms with Crippen LogP contribution in [-0.2, 0) is 31.2 Å². The Labute approximate surface area is 258 Å². The zero-order chi connectivity index (χ0) is 30.0. The van der Waals surface area contributed by atoms with Crippen LogP contribution in [0.1, 0.15) is 49.0 Å². The van der Waals surface area contributed by atoms with Crippen molar-refractivity contribution in [2.45, 2.75) is 44.5 Å². The summed E-state index contributed by atoms with van der Waals surface area (Å²) in [6.07, 6.45) is 0.871. The minimum atomic E-state index is -0.614. The molecular weight excluding hydrogens is 575 g/mol. The Kier molecular flexibility index (Phi) is 11.7. The number of likely N-dealkylation sites (tertiary alicyclic amines) is 1. The van der Waals surface area contributed by atoms with E-state index in [4.69, 9.17) is 37.4 Å². The minimum absolute atomic E-state index is 0.188. The number of amides is 1. The zero-order valence-electron chi connectivity index (χ0n) is 24.1. The lowest BCUT2D eigenvalue weighted by molar-refractivity contribution is -0.166. The fourth-order valence-electron chi connectivity index (χ4n) is 5.06. The van der Waals surface area contributed by atoms with E-state index in [0.717, 1.165) is 29.8 Å². The van der Waals surface area contributed by atoms with E-state index in [1.54, 1.807) is 19.2 Å². The SMILES string of the molecule is CCC(=O)OC1(c2ccccc2)CCN(CCOC(CN(C)C(=O)OCc2ccccc2)c2ccc(Cl)c(Cl)c2)CC1. The molecule has 1 fully saturated rings. The van der Waals surface area contributed by atoms with Crippen LogP contribution in [0.3, 0.4) is 0 Å². The molecule has 0 aromatic heterocycles. The number of likely N-dealkylation sites (N-methyl/N-ethyl adjacent to an activating group) is 1. The molecule has 1 saturated heterocycles. The number of hydrogen-bond acceptors (Lipinski definition) is 6. The molecule has 1 aliphatic rings. The molecule has 0 bridgehead atoms. The van der Waals surface area contributed by atoms with E-state index in [-0.39, 0.29) is 19.1 Å². The maximum atomic E-state index is 12.8. The molecule has 9 heteroatoms. The summed E-state index contributed by atoms with van der Waals surface area (Å²) in [5, 5.41) is 0.876. The maximum absolute atomic E-state index is 12.8. The summed E-state index contributed by atoms with van der Waals surface area (Å²) in [6.45, 7) is 4.93. The van der Waals surface area contributed by atoms with Gasteiger partial charge in [-0.1, -0.05) is 96.9 Å². The van der Waals surface area contributed by atoms with Crippen molar-refractivity contribution in [3.05, 3.63) is 106 Å². The Morgan fingerprint density at radius 2 is 1.62 bits per heavy atom. The van der Waals surface area contributed by atoms with Gasteiger partial charge in [-0.2, -0.15) is 0 Å². The van der Waals surface area contributed by atoms with Crippen LogP contribution in [0, 0.1) is 0 Å². The predicted octanol–water partition coefficient (Wildman–Crippen LogP) is 7.26. The van der Waals surface area contributed by atoms with Crippen molar-refractivity contribution in [3.8, 4) is 0 Å². The molecule has 3 aromatic carbocycles. The zero-order valence-corrected chi connectivity index (χ0v) is 25.7. The van der Waals surface area contributed by atoms with E-state index < -0.39 is 17.8 Å². The summed E-state index contributed by atoms with van der Waals surface area (Å²) in [5.41, 5.74) is 2.15. The third-order valence-corrected chi connectivity index (χ3v) is 8.30. The molecule has 0 N–H and O–H groups in total. The second-order valence-corrected chi connectivity index (χ2v) is 11.3. The molecule has 1 amide bonds. The molecule has 1 aliphatic heterocycles. The fourth-order valence-corrected chi connectivity index (χ4v) is 5.37. The van der Waals surface area contributed by atoms with Gasteiger partial charge < -0.3 is 24.0 Å². The van der Waals surface area contributed by atoms with Crippen molar-refractivity contribution in [2.75, 3.05) is 39.8 Å². The van der Waals surface area contributed by atoms with Gasteiger partial charge in [-0.3, -0.25) is 4.79 Å². The Morgan fingerprint density at radius 1 is 0.952 bits per heavy atom. The highest BCUT2D eigenvalue weighted by Crippen LogP contribution is 2.37. The van der Waals surface area contributed by atoms with Crippen LogP contribution in [0.5, 0.6) is 0 Å². The molecule has 3 aromatic rings. The summed E-state index contributed by atoms with van der Waals surface area (Å²) in [4.78, 5) is 28.9. The Bertz CT molecular complexity index is 1300. The van der Waals surface area contributed by atoms with Crippen molar-refractivity contribution >= 4 is 35.3 Å². The van der Waals surface area contributed by atoms with Crippen LogP contribution in [0.2, 0.25) is 10.0 Å². The maximum Gasteiger partial charge on any atom is 0.409 e. The topological polar surface area (TPSA) is 68.3 Å². The number of carbonyl (C=O) groups is 2. The minimum Gasteiger partial charge on any atom is -0.454 e. The summed E-state index contributed by atoms with van der Waals surface area (Å²) in [5.74, 6) is -0.188. The molecule has 0 saturated carbocycles. The summed E-state index contributed by atoms with van der Waals surface area (Å²) >= 11 is 12.5. The highest BCUT2D eigenvalue weighted by atomic mass is 35.5. The standard InChI is InChI=1S/C33H38Cl2N2O5/c1-3-31(38)42-33(27-12-8-5-9-13-27)16-18-37(19-17-33)20-21-40-30(26-14-15-28(34)29(35)22-26)23-36(2)32(39)41-24-25-10-6-4-7-11-25/h4-15,22,30H,3,16-21,23-24H2,1-2H3. The Hall–Kier alpha value is -3.10. The molecular formula is C33H38Cl2N2O5. The monoisotopic (exact) mass is 612 g/mol. The molecule has 1 heterocycles. The van der Waals surface area contributed by atoms with E-state index in [1.807, 2.05) is 73.7 Å². The highest BCUT2D eigenvalue weighted by Gasteiger charge is 2.39. The van der Waals surface area contributed by atoms with Crippen LogP contribution < -0.4 is 0 Å². The van der Waals surface area contributed by atoms with Crippen molar-refractivity contribution in [3.63, 3.8) is 0 Å². The van der Waals surface area contributed by atoms with Gasteiger partial charge in [-0.25, -0.2) is 4.79 Å². The van der Waals surface area contributed by atoms with Gasteiger partial charge in [-0.05, 0) is 28.8 Å².